The molecule has 4 atom stereocenters. The van der Waals surface area contributed by atoms with Crippen molar-refractivity contribution in [3.8, 4) is 11.4 Å². The first kappa shape index (κ1) is 18.8. The van der Waals surface area contributed by atoms with Crippen LogP contribution in [0.2, 0.25) is 5.02 Å². The minimum atomic E-state index is -0.499. The molecule has 2 bridgehead atoms. The highest BCUT2D eigenvalue weighted by Crippen LogP contribution is 2.61. The van der Waals surface area contributed by atoms with Gasteiger partial charge in [0.2, 0.25) is 0 Å². The molecule has 29 heavy (non-hydrogen) atoms. The Hall–Kier alpha value is -2.25. The summed E-state index contributed by atoms with van der Waals surface area (Å²) < 4.78 is 14.6. The third-order valence-electron chi connectivity index (χ3n) is 7.10. The lowest BCUT2D eigenvalue weighted by Gasteiger charge is -2.62. The van der Waals surface area contributed by atoms with E-state index in [1.807, 2.05) is 0 Å². The second-order valence-electron chi connectivity index (χ2n) is 8.85. The van der Waals surface area contributed by atoms with Crippen LogP contribution in [0.5, 0.6) is 0 Å². The molecule has 3 aliphatic rings. The average molecular weight is 416 g/mol. The van der Waals surface area contributed by atoms with Gasteiger partial charge < -0.3 is 15.4 Å². The third kappa shape index (κ3) is 2.90. The van der Waals surface area contributed by atoms with Crippen LogP contribution in [0.4, 0.5) is 10.2 Å². The number of anilines is 1. The van der Waals surface area contributed by atoms with Gasteiger partial charge in [-0.1, -0.05) is 25.4 Å². The maximum absolute atomic E-state index is 14.6. The first-order valence-electron chi connectivity index (χ1n) is 9.91. The zero-order valence-electron chi connectivity index (χ0n) is 16.3. The van der Waals surface area contributed by atoms with E-state index in [9.17, 15) is 9.50 Å². The lowest BCUT2D eigenvalue weighted by atomic mass is 9.45. The van der Waals surface area contributed by atoms with Gasteiger partial charge in [0.1, 0.15) is 5.65 Å². The van der Waals surface area contributed by atoms with Gasteiger partial charge in [-0.3, -0.25) is 0 Å². The van der Waals surface area contributed by atoms with Gasteiger partial charge >= 0.3 is 0 Å². The highest BCUT2D eigenvalue weighted by molar-refractivity contribution is 6.31. The lowest BCUT2D eigenvalue weighted by molar-refractivity contribution is -0.107. The maximum atomic E-state index is 14.6. The monoisotopic (exact) mass is 415 g/mol. The largest absolute Gasteiger partial charge is 0.396 e. The Morgan fingerprint density at radius 3 is 2.90 bits per heavy atom. The van der Waals surface area contributed by atoms with Crippen molar-refractivity contribution in [1.82, 2.24) is 19.9 Å². The molecule has 3 fully saturated rings. The summed E-state index contributed by atoms with van der Waals surface area (Å²) in [6.45, 7) is 4.62. The molecule has 0 aromatic carbocycles. The van der Waals surface area contributed by atoms with Crippen molar-refractivity contribution in [1.29, 1.82) is 0 Å². The fourth-order valence-electron chi connectivity index (χ4n) is 5.23. The number of rotatable bonds is 4. The Bertz CT molecular complexity index is 1080. The molecule has 3 aromatic heterocycles. The Kier molecular flexibility index (Phi) is 4.29. The average Bonchev–Trinajstić information content (AvgIpc) is 3.12. The van der Waals surface area contributed by atoms with E-state index in [-0.39, 0.29) is 29.8 Å². The van der Waals surface area contributed by atoms with E-state index in [0.717, 1.165) is 18.2 Å². The van der Waals surface area contributed by atoms with E-state index in [0.29, 0.717) is 33.9 Å². The van der Waals surface area contributed by atoms with Gasteiger partial charge in [-0.25, -0.2) is 19.3 Å². The van der Waals surface area contributed by atoms with Crippen LogP contribution < -0.4 is 5.32 Å². The molecule has 0 amide bonds. The van der Waals surface area contributed by atoms with Crippen molar-refractivity contribution in [3.63, 3.8) is 0 Å². The molecule has 6 rings (SSSR count). The minimum absolute atomic E-state index is 0.0173. The van der Waals surface area contributed by atoms with Crippen LogP contribution in [0.3, 0.4) is 0 Å². The van der Waals surface area contributed by atoms with Crippen molar-refractivity contribution in [2.45, 2.75) is 32.7 Å². The van der Waals surface area contributed by atoms with E-state index < -0.39 is 5.82 Å². The summed E-state index contributed by atoms with van der Waals surface area (Å²) in [6.07, 6.45) is 6.56. The molecule has 8 heteroatoms. The summed E-state index contributed by atoms with van der Waals surface area (Å²) in [5.74, 6) is 1.17. The topological polar surface area (TPSA) is 86.7 Å². The van der Waals surface area contributed by atoms with Gasteiger partial charge in [-0.2, -0.15) is 0 Å². The number of hydrogen-bond donors (Lipinski definition) is 3. The number of hydrogen-bond acceptors (Lipinski definition) is 5. The van der Waals surface area contributed by atoms with Crippen LogP contribution >= 0.6 is 11.6 Å². The number of halogens is 2. The number of fused-ring (bicyclic) bond motifs is 3. The zero-order chi connectivity index (χ0) is 20.3. The SMILES string of the molecule is CC1(C)[C@H]2C[C@H](CO)C(Nc3nc(-c4c[nH]c5ncc(Cl)cc45)ncc3F)[C@@H]1C2. The van der Waals surface area contributed by atoms with Crippen LogP contribution in [-0.2, 0) is 0 Å². The second kappa shape index (κ2) is 6.64. The first-order chi connectivity index (χ1) is 13.9. The highest BCUT2D eigenvalue weighted by Gasteiger charge is 2.57. The van der Waals surface area contributed by atoms with Gasteiger partial charge in [0, 0.05) is 41.9 Å². The molecule has 0 spiro atoms. The van der Waals surface area contributed by atoms with Crippen LogP contribution in [0.25, 0.3) is 22.4 Å². The molecule has 3 aliphatic carbocycles. The fraction of sp³-hybridized carbons (Fsp3) is 0.476. The second-order valence-corrected chi connectivity index (χ2v) is 9.29. The number of aliphatic hydroxyl groups is 1. The number of aromatic nitrogens is 4. The molecular formula is C21H23ClFN5O. The number of nitrogens with zero attached hydrogens (tertiary/aromatic N) is 3. The Balaban J connectivity index is 1.50. The molecule has 0 aliphatic heterocycles. The predicted octanol–water partition coefficient (Wildman–Crippen LogP) is 4.27. The standard InChI is InChI=1S/C21H23ClFN5O/c1-21(2)11-3-10(9-29)17(15(21)4-11)27-20-16(23)8-26-19(28-20)14-7-25-18-13(14)5-12(22)6-24-18/h5-8,10-11,15,17,29H,3-4,9H2,1-2H3,(H,24,25)(H,26,27,28)/t10-,11+,15+,17?/m1/s1. The van der Waals surface area contributed by atoms with Crippen molar-refractivity contribution < 1.29 is 9.50 Å². The van der Waals surface area contributed by atoms with E-state index >= 15 is 0 Å². The molecule has 3 saturated carbocycles. The highest BCUT2D eigenvalue weighted by atomic mass is 35.5. The van der Waals surface area contributed by atoms with Gasteiger partial charge in [-0.05, 0) is 36.2 Å². The van der Waals surface area contributed by atoms with E-state index in [1.54, 1.807) is 18.5 Å². The molecular weight excluding hydrogens is 393 g/mol. The van der Waals surface area contributed by atoms with Gasteiger partial charge in [0.25, 0.3) is 0 Å². The van der Waals surface area contributed by atoms with Crippen LogP contribution in [-0.4, -0.2) is 37.7 Å². The van der Waals surface area contributed by atoms with Crippen molar-refractivity contribution in [2.24, 2.45) is 23.2 Å². The van der Waals surface area contributed by atoms with Crippen LogP contribution in [0.15, 0.2) is 24.7 Å². The zero-order valence-corrected chi connectivity index (χ0v) is 17.0. The molecule has 0 radical (unpaired) electrons. The maximum Gasteiger partial charge on any atom is 0.183 e. The van der Waals surface area contributed by atoms with Crippen molar-refractivity contribution in [2.75, 3.05) is 11.9 Å². The quantitative estimate of drug-likeness (QED) is 0.592. The summed E-state index contributed by atoms with van der Waals surface area (Å²) in [7, 11) is 0. The first-order valence-corrected chi connectivity index (χ1v) is 10.3. The summed E-state index contributed by atoms with van der Waals surface area (Å²) >= 11 is 6.09. The Morgan fingerprint density at radius 2 is 2.14 bits per heavy atom. The molecule has 0 saturated heterocycles. The predicted molar refractivity (Wildman–Crippen MR) is 110 cm³/mol. The molecule has 3 aromatic rings. The fourth-order valence-corrected chi connectivity index (χ4v) is 5.39. The van der Waals surface area contributed by atoms with E-state index in [1.165, 1.54) is 6.20 Å². The molecule has 6 nitrogen and oxygen atoms in total. The van der Waals surface area contributed by atoms with E-state index in [4.69, 9.17) is 11.6 Å². The lowest BCUT2D eigenvalue weighted by Crippen LogP contribution is -2.61. The van der Waals surface area contributed by atoms with Gasteiger partial charge in [0.05, 0.1) is 11.2 Å². The van der Waals surface area contributed by atoms with Gasteiger partial charge in [-0.15, -0.1) is 0 Å². The number of H-pyrrole nitrogens is 1. The normalized spacial score (nSPS) is 27.6. The Morgan fingerprint density at radius 1 is 1.31 bits per heavy atom. The van der Waals surface area contributed by atoms with Crippen LogP contribution in [0.1, 0.15) is 26.7 Å². The van der Waals surface area contributed by atoms with Gasteiger partial charge in [0.15, 0.2) is 17.5 Å². The number of nitrogens with one attached hydrogen (secondary N) is 2. The smallest absolute Gasteiger partial charge is 0.183 e. The molecule has 3 heterocycles. The summed E-state index contributed by atoms with van der Waals surface area (Å²) in [5.41, 5.74) is 1.57. The van der Waals surface area contributed by atoms with Crippen molar-refractivity contribution in [3.05, 3.63) is 35.5 Å². The summed E-state index contributed by atoms with van der Waals surface area (Å²) in [5, 5.41) is 14.5. The summed E-state index contributed by atoms with van der Waals surface area (Å²) in [4.78, 5) is 16.0. The third-order valence-corrected chi connectivity index (χ3v) is 7.30. The number of aromatic amines is 1. The van der Waals surface area contributed by atoms with Crippen LogP contribution in [0, 0.1) is 29.0 Å². The molecule has 1 unspecified atom stereocenters. The number of aliphatic hydroxyl groups excluding tert-OH is 1. The molecule has 152 valence electrons. The Labute approximate surface area is 172 Å². The summed E-state index contributed by atoms with van der Waals surface area (Å²) in [6, 6.07) is 1.77. The minimum Gasteiger partial charge on any atom is -0.396 e. The molecule has 3 N–H and O–H groups in total. The van der Waals surface area contributed by atoms with E-state index in [2.05, 4.69) is 39.1 Å². The van der Waals surface area contributed by atoms with Crippen molar-refractivity contribution >= 4 is 28.5 Å². The number of pyridine rings is 1.